The first-order chi connectivity index (χ1) is 13.6. The number of anilines is 2. The second-order valence-electron chi connectivity index (χ2n) is 6.88. The topological polar surface area (TPSA) is 76.1 Å². The van der Waals surface area contributed by atoms with Crippen LogP contribution >= 0.6 is 0 Å². The van der Waals surface area contributed by atoms with E-state index in [4.69, 9.17) is 4.74 Å². The van der Waals surface area contributed by atoms with Gasteiger partial charge in [0.2, 0.25) is 5.95 Å². The number of benzene rings is 2. The Morgan fingerprint density at radius 3 is 2.64 bits per heavy atom. The second-order valence-corrected chi connectivity index (χ2v) is 6.88. The number of carbonyl (C=O) groups excluding carboxylic acids is 1. The maximum absolute atomic E-state index is 12.8. The summed E-state index contributed by atoms with van der Waals surface area (Å²) in [6.07, 6.45) is 0.747. The molecule has 0 saturated carbocycles. The van der Waals surface area contributed by atoms with E-state index in [-0.39, 0.29) is 11.9 Å². The van der Waals surface area contributed by atoms with E-state index in [9.17, 15) is 4.79 Å². The number of fused-ring (bicyclic) bond motifs is 1. The summed E-state index contributed by atoms with van der Waals surface area (Å²) < 4.78 is 5.67. The number of aryl methyl sites for hydroxylation is 2. The van der Waals surface area contributed by atoms with Crippen molar-refractivity contribution in [1.82, 2.24) is 15.3 Å². The Labute approximate surface area is 164 Å². The Morgan fingerprint density at radius 1 is 1.04 bits per heavy atom. The molecule has 0 bridgehead atoms. The van der Waals surface area contributed by atoms with Crippen LogP contribution in [-0.2, 0) is 0 Å². The normalized spacial score (nSPS) is 15.3. The SMILES string of the molecule is Cc1cc(C)nc(Nc2cccc(C(=O)NC3CCOc4ccccc43)c2)n1. The fourth-order valence-corrected chi connectivity index (χ4v) is 3.38. The van der Waals surface area contributed by atoms with Crippen LogP contribution < -0.4 is 15.4 Å². The molecule has 1 unspecified atom stereocenters. The van der Waals surface area contributed by atoms with Crippen molar-refractivity contribution < 1.29 is 9.53 Å². The highest BCUT2D eigenvalue weighted by atomic mass is 16.5. The van der Waals surface area contributed by atoms with Crippen LogP contribution in [0.4, 0.5) is 11.6 Å². The number of rotatable bonds is 4. The van der Waals surface area contributed by atoms with E-state index in [0.717, 1.165) is 34.8 Å². The summed E-state index contributed by atoms with van der Waals surface area (Å²) in [6, 6.07) is 17.0. The maximum Gasteiger partial charge on any atom is 0.251 e. The van der Waals surface area contributed by atoms with Crippen molar-refractivity contribution in [3.8, 4) is 5.75 Å². The molecule has 1 atom stereocenters. The largest absolute Gasteiger partial charge is 0.493 e. The lowest BCUT2D eigenvalue weighted by Gasteiger charge is -2.26. The van der Waals surface area contributed by atoms with Crippen molar-refractivity contribution in [1.29, 1.82) is 0 Å². The maximum atomic E-state index is 12.8. The molecule has 2 heterocycles. The second kappa shape index (κ2) is 7.68. The monoisotopic (exact) mass is 374 g/mol. The van der Waals surface area contributed by atoms with E-state index in [1.807, 2.05) is 62.4 Å². The van der Waals surface area contributed by atoms with E-state index in [2.05, 4.69) is 20.6 Å². The van der Waals surface area contributed by atoms with Gasteiger partial charge < -0.3 is 15.4 Å². The van der Waals surface area contributed by atoms with Crippen LogP contribution in [-0.4, -0.2) is 22.5 Å². The molecule has 0 aliphatic carbocycles. The number of para-hydroxylation sites is 1. The summed E-state index contributed by atoms with van der Waals surface area (Å²) in [5.74, 6) is 1.24. The number of ether oxygens (including phenoxy) is 1. The molecule has 0 fully saturated rings. The van der Waals surface area contributed by atoms with Gasteiger partial charge in [-0.1, -0.05) is 24.3 Å². The molecule has 0 radical (unpaired) electrons. The smallest absolute Gasteiger partial charge is 0.251 e. The summed E-state index contributed by atoms with van der Waals surface area (Å²) in [6.45, 7) is 4.44. The predicted octanol–water partition coefficient (Wildman–Crippen LogP) is 4.09. The highest BCUT2D eigenvalue weighted by Crippen LogP contribution is 2.31. The average molecular weight is 374 g/mol. The quantitative estimate of drug-likeness (QED) is 0.719. The molecule has 6 heteroatoms. The van der Waals surface area contributed by atoms with Gasteiger partial charge in [0.15, 0.2) is 0 Å². The molecule has 0 spiro atoms. The van der Waals surface area contributed by atoms with Crippen LogP contribution in [0.15, 0.2) is 54.6 Å². The molecular weight excluding hydrogens is 352 g/mol. The number of amides is 1. The Hall–Kier alpha value is -3.41. The van der Waals surface area contributed by atoms with E-state index in [1.54, 1.807) is 6.07 Å². The molecule has 3 aromatic rings. The molecule has 1 amide bonds. The zero-order valence-electron chi connectivity index (χ0n) is 15.9. The predicted molar refractivity (Wildman–Crippen MR) is 108 cm³/mol. The number of hydrogen-bond donors (Lipinski definition) is 2. The van der Waals surface area contributed by atoms with Gasteiger partial charge in [0.1, 0.15) is 5.75 Å². The minimum absolute atomic E-state index is 0.0585. The van der Waals surface area contributed by atoms with Gasteiger partial charge in [-0.05, 0) is 44.2 Å². The molecular formula is C22H22N4O2. The molecule has 28 heavy (non-hydrogen) atoms. The summed E-state index contributed by atoms with van der Waals surface area (Å²) in [5, 5.41) is 6.30. The highest BCUT2D eigenvalue weighted by Gasteiger charge is 2.23. The lowest BCUT2D eigenvalue weighted by molar-refractivity contribution is 0.0925. The highest BCUT2D eigenvalue weighted by molar-refractivity contribution is 5.95. The molecule has 0 saturated heterocycles. The van der Waals surface area contributed by atoms with Crippen LogP contribution in [0.3, 0.4) is 0 Å². The van der Waals surface area contributed by atoms with Crippen LogP contribution in [0.1, 0.15) is 39.8 Å². The first kappa shape index (κ1) is 18.0. The van der Waals surface area contributed by atoms with Crippen molar-refractivity contribution in [2.24, 2.45) is 0 Å². The third-order valence-corrected chi connectivity index (χ3v) is 4.63. The van der Waals surface area contributed by atoms with Crippen molar-refractivity contribution in [3.05, 3.63) is 77.1 Å². The van der Waals surface area contributed by atoms with Crippen LogP contribution in [0, 0.1) is 13.8 Å². The summed E-state index contributed by atoms with van der Waals surface area (Å²) in [4.78, 5) is 21.6. The summed E-state index contributed by atoms with van der Waals surface area (Å²) >= 11 is 0. The summed E-state index contributed by atoms with van der Waals surface area (Å²) in [7, 11) is 0. The third-order valence-electron chi connectivity index (χ3n) is 4.63. The van der Waals surface area contributed by atoms with Gasteiger partial charge >= 0.3 is 0 Å². The van der Waals surface area contributed by atoms with E-state index < -0.39 is 0 Å². The van der Waals surface area contributed by atoms with E-state index in [1.165, 1.54) is 0 Å². The zero-order valence-corrected chi connectivity index (χ0v) is 15.9. The van der Waals surface area contributed by atoms with Gasteiger partial charge in [-0.3, -0.25) is 4.79 Å². The Morgan fingerprint density at radius 2 is 1.82 bits per heavy atom. The molecule has 4 rings (SSSR count). The van der Waals surface area contributed by atoms with Gasteiger partial charge in [-0.25, -0.2) is 9.97 Å². The van der Waals surface area contributed by atoms with E-state index in [0.29, 0.717) is 18.1 Å². The first-order valence-electron chi connectivity index (χ1n) is 9.30. The molecule has 2 aromatic carbocycles. The number of aromatic nitrogens is 2. The molecule has 6 nitrogen and oxygen atoms in total. The Balaban J connectivity index is 1.51. The van der Waals surface area contributed by atoms with E-state index >= 15 is 0 Å². The number of carbonyl (C=O) groups is 1. The average Bonchev–Trinajstić information content (AvgIpc) is 2.68. The van der Waals surface area contributed by atoms with Crippen molar-refractivity contribution >= 4 is 17.5 Å². The minimum Gasteiger partial charge on any atom is -0.493 e. The molecule has 142 valence electrons. The van der Waals surface area contributed by atoms with Crippen LogP contribution in [0.2, 0.25) is 0 Å². The van der Waals surface area contributed by atoms with Crippen molar-refractivity contribution in [2.75, 3.05) is 11.9 Å². The Kier molecular flexibility index (Phi) is 4.93. The lowest BCUT2D eigenvalue weighted by Crippen LogP contribution is -2.32. The molecule has 1 aromatic heterocycles. The van der Waals surface area contributed by atoms with Gasteiger partial charge in [0, 0.05) is 34.6 Å². The van der Waals surface area contributed by atoms with Gasteiger partial charge in [-0.2, -0.15) is 0 Å². The van der Waals surface area contributed by atoms with Crippen molar-refractivity contribution in [2.45, 2.75) is 26.3 Å². The van der Waals surface area contributed by atoms with Crippen LogP contribution in [0.5, 0.6) is 5.75 Å². The van der Waals surface area contributed by atoms with Gasteiger partial charge in [-0.15, -0.1) is 0 Å². The van der Waals surface area contributed by atoms with Crippen molar-refractivity contribution in [3.63, 3.8) is 0 Å². The standard InChI is InChI=1S/C22H22N4O2/c1-14-12-15(2)24-22(23-14)25-17-7-5-6-16(13-17)21(27)26-19-10-11-28-20-9-4-3-8-18(19)20/h3-9,12-13,19H,10-11H2,1-2H3,(H,26,27)(H,23,24,25). The number of nitrogens with one attached hydrogen (secondary N) is 2. The lowest BCUT2D eigenvalue weighted by atomic mass is 10.00. The number of nitrogens with zero attached hydrogens (tertiary/aromatic N) is 2. The third kappa shape index (κ3) is 3.96. The molecule has 1 aliphatic rings. The van der Waals surface area contributed by atoms with Crippen LogP contribution in [0.25, 0.3) is 0 Å². The summed E-state index contributed by atoms with van der Waals surface area (Å²) in [5.41, 5.74) is 4.15. The Bertz CT molecular complexity index is 999. The molecule has 2 N–H and O–H groups in total. The first-order valence-corrected chi connectivity index (χ1v) is 9.30. The minimum atomic E-state index is -0.119. The molecule has 1 aliphatic heterocycles. The number of hydrogen-bond acceptors (Lipinski definition) is 5. The van der Waals surface area contributed by atoms with Gasteiger partial charge in [0.05, 0.1) is 12.6 Å². The van der Waals surface area contributed by atoms with Gasteiger partial charge in [0.25, 0.3) is 5.91 Å². The zero-order chi connectivity index (χ0) is 19.5. The fourth-order valence-electron chi connectivity index (χ4n) is 3.38. The fraction of sp³-hybridized carbons (Fsp3) is 0.227.